The van der Waals surface area contributed by atoms with E-state index in [1.165, 1.54) is 48.8 Å². The molecule has 2 bridgehead atoms. The molecule has 166 valence electrons. The number of rotatable bonds is 8. The summed E-state index contributed by atoms with van der Waals surface area (Å²) < 4.78 is 17.9. The molecule has 3 heteroatoms. The highest BCUT2D eigenvalue weighted by Crippen LogP contribution is 2.44. The Labute approximate surface area is 191 Å². The first kappa shape index (κ1) is 21.2. The number of ether oxygens (including phenoxy) is 3. The Morgan fingerprint density at radius 3 is 2.22 bits per heavy atom. The predicted molar refractivity (Wildman–Crippen MR) is 127 cm³/mol. The van der Waals surface area contributed by atoms with Gasteiger partial charge < -0.3 is 14.2 Å². The molecule has 5 rings (SSSR count). The highest BCUT2D eigenvalue weighted by atomic mass is 16.5. The van der Waals surface area contributed by atoms with Crippen LogP contribution in [0.25, 0.3) is 0 Å². The lowest BCUT2D eigenvalue weighted by molar-refractivity contribution is 0.0875. The first-order chi connectivity index (χ1) is 15.8. The Kier molecular flexibility index (Phi) is 6.56. The summed E-state index contributed by atoms with van der Waals surface area (Å²) in [6, 6.07) is 27.5. The van der Waals surface area contributed by atoms with E-state index in [0.29, 0.717) is 25.9 Å². The topological polar surface area (TPSA) is 27.7 Å². The molecule has 2 fully saturated rings. The minimum absolute atomic E-state index is 0.235. The summed E-state index contributed by atoms with van der Waals surface area (Å²) >= 11 is 0. The zero-order valence-electron chi connectivity index (χ0n) is 18.7. The maximum Gasteiger partial charge on any atom is 0.119 e. The lowest BCUT2D eigenvalue weighted by Gasteiger charge is -2.27. The Bertz CT molecular complexity index is 981. The summed E-state index contributed by atoms with van der Waals surface area (Å²) in [7, 11) is 0. The quantitative estimate of drug-likeness (QED) is 0.405. The Morgan fingerprint density at radius 2 is 1.44 bits per heavy atom. The van der Waals surface area contributed by atoms with E-state index >= 15 is 0 Å². The van der Waals surface area contributed by atoms with Gasteiger partial charge in [0, 0.05) is 5.41 Å². The van der Waals surface area contributed by atoms with Crippen LogP contribution in [0.4, 0.5) is 0 Å². The molecule has 0 amide bonds. The fourth-order valence-electron chi connectivity index (χ4n) is 5.04. The molecular formula is C29H32O3. The summed E-state index contributed by atoms with van der Waals surface area (Å²) in [5.74, 6) is 0.885. The van der Waals surface area contributed by atoms with E-state index in [4.69, 9.17) is 14.2 Å². The molecule has 1 aliphatic heterocycles. The molecule has 1 saturated carbocycles. The van der Waals surface area contributed by atoms with E-state index in [2.05, 4.69) is 48.5 Å². The van der Waals surface area contributed by atoms with Crippen molar-refractivity contribution in [3.8, 4) is 5.75 Å². The maximum atomic E-state index is 6.07. The molecule has 0 N–H and O–H groups in total. The van der Waals surface area contributed by atoms with Gasteiger partial charge in [-0.05, 0) is 53.6 Å². The standard InChI is InChI=1S/C29H32O3/c1-2-6-23(7-3-1)19-30-20-24-11-15-27(16-12-24)31-21-25-9-13-26(14-10-25)29-17-5-4-8-28(18-29)32-22-29/h1-3,6-7,9-16,28H,4-5,8,17-22H2/t28-,29?/m0/s1. The van der Waals surface area contributed by atoms with Gasteiger partial charge in [-0.25, -0.2) is 0 Å². The fourth-order valence-corrected chi connectivity index (χ4v) is 5.04. The molecule has 0 radical (unpaired) electrons. The van der Waals surface area contributed by atoms with Crippen molar-refractivity contribution < 1.29 is 14.2 Å². The molecule has 3 aromatic rings. The molecule has 0 spiro atoms. The normalized spacial score (nSPS) is 22.4. The molecule has 32 heavy (non-hydrogen) atoms. The largest absolute Gasteiger partial charge is 0.489 e. The predicted octanol–water partition coefficient (Wildman–Crippen LogP) is 6.58. The molecule has 2 aliphatic rings. The van der Waals surface area contributed by atoms with Crippen molar-refractivity contribution >= 4 is 0 Å². The van der Waals surface area contributed by atoms with E-state index in [1.807, 2.05) is 30.3 Å². The molecule has 3 nitrogen and oxygen atoms in total. The highest BCUT2D eigenvalue weighted by Gasteiger charge is 2.42. The number of hydrogen-bond donors (Lipinski definition) is 0. The van der Waals surface area contributed by atoms with Crippen molar-refractivity contribution in [2.45, 2.75) is 63.4 Å². The van der Waals surface area contributed by atoms with Gasteiger partial charge in [-0.2, -0.15) is 0 Å². The van der Waals surface area contributed by atoms with Gasteiger partial charge in [-0.1, -0.05) is 79.6 Å². The Hall–Kier alpha value is -2.62. The minimum atomic E-state index is 0.235. The zero-order chi connectivity index (χ0) is 21.6. The van der Waals surface area contributed by atoms with Gasteiger partial charge >= 0.3 is 0 Å². The number of benzene rings is 3. The molecule has 1 unspecified atom stereocenters. The van der Waals surface area contributed by atoms with Gasteiger partial charge in [0.05, 0.1) is 25.9 Å². The number of hydrogen-bond acceptors (Lipinski definition) is 3. The van der Waals surface area contributed by atoms with Gasteiger partial charge in [0.25, 0.3) is 0 Å². The van der Waals surface area contributed by atoms with E-state index in [9.17, 15) is 0 Å². The van der Waals surface area contributed by atoms with Crippen molar-refractivity contribution in [2.75, 3.05) is 6.61 Å². The van der Waals surface area contributed by atoms with Crippen molar-refractivity contribution in [3.63, 3.8) is 0 Å². The fraction of sp³-hybridized carbons (Fsp3) is 0.379. The first-order valence-corrected chi connectivity index (χ1v) is 11.8. The Morgan fingerprint density at radius 1 is 0.750 bits per heavy atom. The van der Waals surface area contributed by atoms with Crippen molar-refractivity contribution in [1.29, 1.82) is 0 Å². The summed E-state index contributed by atoms with van der Waals surface area (Å²) in [5, 5.41) is 0. The molecule has 1 heterocycles. The lowest BCUT2D eigenvalue weighted by Crippen LogP contribution is -2.26. The van der Waals surface area contributed by atoms with Gasteiger partial charge in [0.15, 0.2) is 0 Å². The third-order valence-corrected chi connectivity index (χ3v) is 6.92. The SMILES string of the molecule is c1ccc(COCc2ccc(OCc3ccc(C45CCCC[C@@H](C4)OC5)cc3)cc2)cc1. The molecule has 0 aromatic heterocycles. The molecule has 1 aliphatic carbocycles. The van der Waals surface area contributed by atoms with Crippen LogP contribution in [0.2, 0.25) is 0 Å². The maximum absolute atomic E-state index is 6.07. The first-order valence-electron chi connectivity index (χ1n) is 11.8. The van der Waals surface area contributed by atoms with Gasteiger partial charge in [0.2, 0.25) is 0 Å². The van der Waals surface area contributed by atoms with Crippen LogP contribution in [0, 0.1) is 0 Å². The van der Waals surface area contributed by atoms with Crippen LogP contribution in [-0.4, -0.2) is 12.7 Å². The van der Waals surface area contributed by atoms with E-state index in [1.54, 1.807) is 0 Å². The zero-order valence-corrected chi connectivity index (χ0v) is 18.7. The lowest BCUT2D eigenvalue weighted by atomic mass is 9.76. The highest BCUT2D eigenvalue weighted by molar-refractivity contribution is 5.32. The van der Waals surface area contributed by atoms with E-state index < -0.39 is 0 Å². The summed E-state index contributed by atoms with van der Waals surface area (Å²) in [4.78, 5) is 0. The average Bonchev–Trinajstić information content (AvgIpc) is 3.13. The van der Waals surface area contributed by atoms with Crippen LogP contribution in [0.3, 0.4) is 0 Å². The second-order valence-corrected chi connectivity index (χ2v) is 9.27. The summed E-state index contributed by atoms with van der Waals surface area (Å²) in [6.07, 6.45) is 6.75. The smallest absolute Gasteiger partial charge is 0.119 e. The van der Waals surface area contributed by atoms with Crippen LogP contribution in [-0.2, 0) is 34.7 Å². The van der Waals surface area contributed by atoms with Crippen LogP contribution in [0.1, 0.15) is 54.4 Å². The average molecular weight is 429 g/mol. The summed E-state index contributed by atoms with van der Waals surface area (Å²) in [5.41, 5.74) is 5.21. The van der Waals surface area contributed by atoms with Crippen molar-refractivity contribution in [3.05, 3.63) is 101 Å². The van der Waals surface area contributed by atoms with Crippen molar-refractivity contribution in [2.24, 2.45) is 0 Å². The third-order valence-electron chi connectivity index (χ3n) is 6.92. The monoisotopic (exact) mass is 428 g/mol. The number of fused-ring (bicyclic) bond motifs is 2. The van der Waals surface area contributed by atoms with E-state index in [-0.39, 0.29) is 5.41 Å². The third kappa shape index (κ3) is 5.06. The molecule has 2 atom stereocenters. The van der Waals surface area contributed by atoms with Gasteiger partial charge in [-0.3, -0.25) is 0 Å². The molecule has 1 saturated heterocycles. The van der Waals surface area contributed by atoms with Crippen LogP contribution >= 0.6 is 0 Å². The second-order valence-electron chi connectivity index (χ2n) is 9.27. The van der Waals surface area contributed by atoms with Gasteiger partial charge in [-0.15, -0.1) is 0 Å². The Balaban J connectivity index is 1.11. The van der Waals surface area contributed by atoms with E-state index in [0.717, 1.165) is 17.9 Å². The van der Waals surface area contributed by atoms with Crippen LogP contribution in [0.5, 0.6) is 5.75 Å². The molecule has 3 aromatic carbocycles. The molecular weight excluding hydrogens is 396 g/mol. The summed E-state index contributed by atoms with van der Waals surface area (Å²) in [6.45, 7) is 2.69. The van der Waals surface area contributed by atoms with Gasteiger partial charge in [0.1, 0.15) is 12.4 Å². The van der Waals surface area contributed by atoms with Crippen LogP contribution < -0.4 is 4.74 Å². The van der Waals surface area contributed by atoms with Crippen LogP contribution in [0.15, 0.2) is 78.9 Å². The minimum Gasteiger partial charge on any atom is -0.489 e. The van der Waals surface area contributed by atoms with Crippen molar-refractivity contribution in [1.82, 2.24) is 0 Å². The second kappa shape index (κ2) is 9.89.